The van der Waals surface area contributed by atoms with Gasteiger partial charge in [-0.2, -0.15) is 0 Å². The van der Waals surface area contributed by atoms with E-state index in [4.69, 9.17) is 0 Å². The van der Waals surface area contributed by atoms with Gasteiger partial charge in [0.1, 0.15) is 11.4 Å². The zero-order valence-electron chi connectivity index (χ0n) is 7.30. The standard InChI is InChI=1S/C9H15N2/c1-10-7-11(2)9-6-4-3-5-8(9)10/h7H,3-6H2,1-2H3/q+1. The summed E-state index contributed by atoms with van der Waals surface area (Å²) in [6, 6.07) is 0. The van der Waals surface area contributed by atoms with Crippen molar-refractivity contribution in [2.24, 2.45) is 14.1 Å². The van der Waals surface area contributed by atoms with Gasteiger partial charge >= 0.3 is 0 Å². The molecule has 0 fully saturated rings. The van der Waals surface area contributed by atoms with Crippen LogP contribution in [0.15, 0.2) is 6.33 Å². The van der Waals surface area contributed by atoms with Gasteiger partial charge in [-0.1, -0.05) is 0 Å². The second-order valence-electron chi connectivity index (χ2n) is 3.44. The highest BCUT2D eigenvalue weighted by Gasteiger charge is 2.21. The summed E-state index contributed by atoms with van der Waals surface area (Å²) in [5, 5.41) is 0. The lowest BCUT2D eigenvalue weighted by Gasteiger charge is -2.07. The van der Waals surface area contributed by atoms with Gasteiger partial charge in [-0.15, -0.1) is 0 Å². The van der Waals surface area contributed by atoms with Gasteiger partial charge in [-0.25, -0.2) is 9.13 Å². The van der Waals surface area contributed by atoms with Crippen LogP contribution in [0.5, 0.6) is 0 Å². The molecule has 1 aromatic rings. The number of imidazole rings is 1. The largest absolute Gasteiger partial charge is 0.243 e. The average Bonchev–Trinajstić information content (AvgIpc) is 2.30. The van der Waals surface area contributed by atoms with Crippen molar-refractivity contribution in [2.45, 2.75) is 25.7 Å². The van der Waals surface area contributed by atoms with E-state index in [0.717, 1.165) is 0 Å². The van der Waals surface area contributed by atoms with Crippen molar-refractivity contribution in [3.05, 3.63) is 17.7 Å². The van der Waals surface area contributed by atoms with E-state index in [1.54, 1.807) is 11.4 Å². The molecule has 2 nitrogen and oxygen atoms in total. The molecule has 0 amide bonds. The number of rotatable bonds is 0. The Labute approximate surface area is 67.5 Å². The summed E-state index contributed by atoms with van der Waals surface area (Å²) in [5.74, 6) is 0. The van der Waals surface area contributed by atoms with Crippen LogP contribution in [0.1, 0.15) is 24.2 Å². The first-order chi connectivity index (χ1) is 5.29. The summed E-state index contributed by atoms with van der Waals surface area (Å²) < 4.78 is 4.52. The number of fused-ring (bicyclic) bond motifs is 1. The highest BCUT2D eigenvalue weighted by molar-refractivity contribution is 5.10. The van der Waals surface area contributed by atoms with Crippen LogP contribution in [0.3, 0.4) is 0 Å². The molecule has 1 aliphatic carbocycles. The first-order valence-electron chi connectivity index (χ1n) is 4.32. The van der Waals surface area contributed by atoms with E-state index >= 15 is 0 Å². The van der Waals surface area contributed by atoms with Gasteiger partial charge in [0.2, 0.25) is 6.33 Å². The first-order valence-corrected chi connectivity index (χ1v) is 4.32. The summed E-state index contributed by atoms with van der Waals surface area (Å²) in [7, 11) is 4.29. The Morgan fingerprint density at radius 1 is 1.36 bits per heavy atom. The molecule has 0 aromatic carbocycles. The van der Waals surface area contributed by atoms with E-state index < -0.39 is 0 Å². The lowest BCUT2D eigenvalue weighted by atomic mass is 10.0. The van der Waals surface area contributed by atoms with Crippen LogP contribution in [0.4, 0.5) is 0 Å². The zero-order valence-corrected chi connectivity index (χ0v) is 7.30. The Morgan fingerprint density at radius 2 is 2.09 bits per heavy atom. The molecule has 0 saturated heterocycles. The molecular weight excluding hydrogens is 136 g/mol. The SMILES string of the molecule is Cn1c[n+](C)c2c1CCCC2. The van der Waals surface area contributed by atoms with Gasteiger partial charge in [0.15, 0.2) is 0 Å². The lowest BCUT2D eigenvalue weighted by Crippen LogP contribution is -2.31. The highest BCUT2D eigenvalue weighted by atomic mass is 15.1. The lowest BCUT2D eigenvalue weighted by molar-refractivity contribution is -0.678. The normalized spacial score (nSPS) is 16.5. The first kappa shape index (κ1) is 6.89. The second-order valence-corrected chi connectivity index (χ2v) is 3.44. The van der Waals surface area contributed by atoms with Crippen LogP contribution >= 0.6 is 0 Å². The third kappa shape index (κ3) is 0.971. The molecule has 0 radical (unpaired) electrons. The Kier molecular flexibility index (Phi) is 1.48. The maximum atomic E-state index is 2.26. The quantitative estimate of drug-likeness (QED) is 0.483. The Hall–Kier alpha value is -0.790. The van der Waals surface area contributed by atoms with Crippen molar-refractivity contribution in [2.75, 3.05) is 0 Å². The number of nitrogens with zero attached hydrogens (tertiary/aromatic N) is 2. The molecule has 11 heavy (non-hydrogen) atoms. The highest BCUT2D eigenvalue weighted by Crippen LogP contribution is 2.16. The van der Waals surface area contributed by atoms with E-state index in [2.05, 4.69) is 29.6 Å². The maximum Gasteiger partial charge on any atom is 0.243 e. The fourth-order valence-electron chi connectivity index (χ4n) is 2.03. The van der Waals surface area contributed by atoms with Crippen molar-refractivity contribution in [3.63, 3.8) is 0 Å². The third-order valence-corrected chi connectivity index (χ3v) is 2.61. The Morgan fingerprint density at radius 3 is 2.82 bits per heavy atom. The van der Waals surface area contributed by atoms with Crippen LogP contribution in [0.2, 0.25) is 0 Å². The molecule has 2 heteroatoms. The van der Waals surface area contributed by atoms with E-state index in [0.29, 0.717) is 0 Å². The van der Waals surface area contributed by atoms with Crippen molar-refractivity contribution < 1.29 is 4.57 Å². The minimum Gasteiger partial charge on any atom is -0.237 e. The molecule has 1 heterocycles. The minimum atomic E-state index is 1.27. The van der Waals surface area contributed by atoms with Gasteiger partial charge in [-0.3, -0.25) is 0 Å². The fraction of sp³-hybridized carbons (Fsp3) is 0.667. The van der Waals surface area contributed by atoms with Gasteiger partial charge in [0, 0.05) is 12.8 Å². The van der Waals surface area contributed by atoms with Gasteiger partial charge in [-0.05, 0) is 12.8 Å². The Bertz CT molecular complexity index is 247. The van der Waals surface area contributed by atoms with Crippen LogP contribution in [-0.2, 0) is 26.9 Å². The van der Waals surface area contributed by atoms with E-state index in [9.17, 15) is 0 Å². The molecule has 1 aromatic heterocycles. The molecule has 0 spiro atoms. The van der Waals surface area contributed by atoms with Crippen LogP contribution in [-0.4, -0.2) is 4.57 Å². The summed E-state index contributed by atoms with van der Waals surface area (Å²) in [5.41, 5.74) is 3.08. The van der Waals surface area contributed by atoms with E-state index in [-0.39, 0.29) is 0 Å². The number of hydrogen-bond acceptors (Lipinski definition) is 0. The van der Waals surface area contributed by atoms with Gasteiger partial charge < -0.3 is 0 Å². The summed E-state index contributed by atoms with van der Waals surface area (Å²) in [6.45, 7) is 0. The molecular formula is C9H15N2+. The molecule has 2 rings (SSSR count). The molecule has 0 atom stereocenters. The number of hydrogen-bond donors (Lipinski definition) is 0. The van der Waals surface area contributed by atoms with Crippen LogP contribution in [0, 0.1) is 0 Å². The van der Waals surface area contributed by atoms with Crippen LogP contribution in [0.25, 0.3) is 0 Å². The predicted octanol–water partition coefficient (Wildman–Crippen LogP) is 0.728. The molecule has 0 N–H and O–H groups in total. The topological polar surface area (TPSA) is 8.81 Å². The molecule has 0 saturated carbocycles. The third-order valence-electron chi connectivity index (χ3n) is 2.61. The van der Waals surface area contributed by atoms with Gasteiger partial charge in [0.05, 0.1) is 14.1 Å². The fourth-order valence-corrected chi connectivity index (χ4v) is 2.03. The van der Waals surface area contributed by atoms with Crippen LogP contribution < -0.4 is 4.57 Å². The molecule has 1 aliphatic rings. The predicted molar refractivity (Wildman–Crippen MR) is 43.2 cm³/mol. The molecule has 0 unspecified atom stereocenters. The monoisotopic (exact) mass is 151 g/mol. The summed E-state index contributed by atoms with van der Waals surface area (Å²) in [4.78, 5) is 0. The molecule has 0 aliphatic heterocycles. The van der Waals surface area contributed by atoms with E-state index in [1.807, 2.05) is 0 Å². The average molecular weight is 151 g/mol. The van der Waals surface area contributed by atoms with E-state index in [1.165, 1.54) is 25.7 Å². The van der Waals surface area contributed by atoms with Crippen molar-refractivity contribution in [3.8, 4) is 0 Å². The molecule has 0 bridgehead atoms. The minimum absolute atomic E-state index is 1.27. The smallest absolute Gasteiger partial charge is 0.237 e. The zero-order chi connectivity index (χ0) is 7.84. The van der Waals surface area contributed by atoms with Gasteiger partial charge in [0.25, 0.3) is 0 Å². The molecule has 60 valence electrons. The Balaban J connectivity index is 2.52. The number of aryl methyl sites for hydroxylation is 2. The van der Waals surface area contributed by atoms with Crippen molar-refractivity contribution in [1.82, 2.24) is 4.57 Å². The summed E-state index contributed by atoms with van der Waals surface area (Å²) >= 11 is 0. The summed E-state index contributed by atoms with van der Waals surface area (Å²) in [6.07, 6.45) is 7.45. The second kappa shape index (κ2) is 2.36. The van der Waals surface area contributed by atoms with Crippen molar-refractivity contribution >= 4 is 0 Å². The van der Waals surface area contributed by atoms with Crippen molar-refractivity contribution in [1.29, 1.82) is 0 Å². The maximum absolute atomic E-state index is 2.26. The number of aromatic nitrogens is 2.